The number of hydrogen-bond donors (Lipinski definition) is 1. The molecular formula is C11H21N3OS. The topological polar surface area (TPSA) is 27.7 Å². The second-order valence-electron chi connectivity index (χ2n) is 4.61. The Morgan fingerprint density at radius 1 is 1.38 bits per heavy atom. The van der Waals surface area contributed by atoms with E-state index in [1.807, 2.05) is 0 Å². The molecule has 0 saturated carbocycles. The van der Waals surface area contributed by atoms with Crippen LogP contribution in [0, 0.1) is 0 Å². The monoisotopic (exact) mass is 243 g/mol. The Balaban J connectivity index is 1.67. The van der Waals surface area contributed by atoms with Crippen LogP contribution in [0.1, 0.15) is 12.8 Å². The zero-order chi connectivity index (χ0) is 11.4. The summed E-state index contributed by atoms with van der Waals surface area (Å²) < 4.78 is 5.56. The average Bonchev–Trinajstić information content (AvgIpc) is 2.80. The summed E-state index contributed by atoms with van der Waals surface area (Å²) in [6, 6.07) is 0. The maximum absolute atomic E-state index is 5.56. The fourth-order valence-electron chi connectivity index (χ4n) is 2.13. The van der Waals surface area contributed by atoms with E-state index in [0.717, 1.165) is 44.4 Å². The van der Waals surface area contributed by atoms with Crippen LogP contribution in [-0.2, 0) is 4.74 Å². The molecule has 2 heterocycles. The minimum atomic E-state index is 0.366. The van der Waals surface area contributed by atoms with Crippen molar-refractivity contribution in [1.29, 1.82) is 0 Å². The van der Waals surface area contributed by atoms with Gasteiger partial charge in [-0.15, -0.1) is 0 Å². The van der Waals surface area contributed by atoms with Gasteiger partial charge in [0, 0.05) is 39.3 Å². The molecule has 0 radical (unpaired) electrons. The van der Waals surface area contributed by atoms with Crippen LogP contribution < -0.4 is 5.32 Å². The summed E-state index contributed by atoms with van der Waals surface area (Å²) in [6.07, 6.45) is 2.72. The van der Waals surface area contributed by atoms with Crippen LogP contribution >= 0.6 is 12.2 Å². The van der Waals surface area contributed by atoms with Gasteiger partial charge < -0.3 is 19.9 Å². The highest BCUT2D eigenvalue weighted by molar-refractivity contribution is 7.80. The molecule has 2 saturated heterocycles. The number of nitrogens with zero attached hydrogens (tertiary/aromatic N) is 2. The lowest BCUT2D eigenvalue weighted by molar-refractivity contribution is 0.113. The van der Waals surface area contributed by atoms with E-state index in [9.17, 15) is 0 Å². The molecule has 1 N–H and O–H groups in total. The van der Waals surface area contributed by atoms with Crippen LogP contribution in [0.3, 0.4) is 0 Å². The van der Waals surface area contributed by atoms with E-state index in [2.05, 4.69) is 22.2 Å². The Morgan fingerprint density at radius 3 is 2.75 bits per heavy atom. The highest BCUT2D eigenvalue weighted by atomic mass is 32.1. The van der Waals surface area contributed by atoms with Crippen LogP contribution in [0.15, 0.2) is 0 Å². The quantitative estimate of drug-likeness (QED) is 0.704. The van der Waals surface area contributed by atoms with Crippen LogP contribution in [0.2, 0.25) is 0 Å². The lowest BCUT2D eigenvalue weighted by atomic mass is 10.2. The van der Waals surface area contributed by atoms with Gasteiger partial charge in [0.2, 0.25) is 0 Å². The first-order chi connectivity index (χ1) is 7.75. The van der Waals surface area contributed by atoms with E-state index in [4.69, 9.17) is 17.0 Å². The number of ether oxygens (including phenoxy) is 1. The van der Waals surface area contributed by atoms with Crippen LogP contribution in [0.5, 0.6) is 0 Å². The molecule has 92 valence electrons. The molecule has 1 atom stereocenters. The van der Waals surface area contributed by atoms with E-state index in [-0.39, 0.29) is 0 Å². The van der Waals surface area contributed by atoms with E-state index >= 15 is 0 Å². The molecule has 2 aliphatic heterocycles. The molecule has 0 amide bonds. The van der Waals surface area contributed by atoms with Gasteiger partial charge in [0.25, 0.3) is 0 Å². The van der Waals surface area contributed by atoms with Crippen LogP contribution in [-0.4, -0.2) is 67.4 Å². The third-order valence-corrected chi connectivity index (χ3v) is 3.70. The van der Waals surface area contributed by atoms with Crippen molar-refractivity contribution in [2.45, 2.75) is 18.9 Å². The van der Waals surface area contributed by atoms with Gasteiger partial charge in [0.15, 0.2) is 5.11 Å². The summed E-state index contributed by atoms with van der Waals surface area (Å²) >= 11 is 5.39. The largest absolute Gasteiger partial charge is 0.376 e. The fourth-order valence-corrected chi connectivity index (χ4v) is 2.39. The number of piperazine rings is 1. The Hall–Kier alpha value is -0.390. The van der Waals surface area contributed by atoms with Gasteiger partial charge >= 0.3 is 0 Å². The third kappa shape index (κ3) is 3.30. The van der Waals surface area contributed by atoms with E-state index in [1.165, 1.54) is 12.8 Å². The van der Waals surface area contributed by atoms with E-state index in [1.54, 1.807) is 0 Å². The Labute approximate surface area is 103 Å². The normalized spacial score (nSPS) is 27.1. The number of likely N-dealkylation sites (N-methyl/N-ethyl adjacent to an activating group) is 1. The van der Waals surface area contributed by atoms with Crippen molar-refractivity contribution in [3.05, 3.63) is 0 Å². The molecule has 0 aromatic rings. The second-order valence-corrected chi connectivity index (χ2v) is 5.00. The third-order valence-electron chi connectivity index (χ3n) is 3.30. The molecular weight excluding hydrogens is 222 g/mol. The molecule has 0 bridgehead atoms. The summed E-state index contributed by atoms with van der Waals surface area (Å²) in [4.78, 5) is 4.59. The second kappa shape index (κ2) is 5.80. The highest BCUT2D eigenvalue weighted by Gasteiger charge is 2.19. The summed E-state index contributed by atoms with van der Waals surface area (Å²) in [5.74, 6) is 0. The minimum absolute atomic E-state index is 0.366. The van der Waals surface area contributed by atoms with Gasteiger partial charge in [-0.1, -0.05) is 0 Å². The first kappa shape index (κ1) is 12.1. The SMILES string of the molecule is CN1CCN(C(=S)NCC2CCCO2)CC1. The molecule has 16 heavy (non-hydrogen) atoms. The molecule has 0 spiro atoms. The maximum Gasteiger partial charge on any atom is 0.169 e. The first-order valence-corrected chi connectivity index (χ1v) is 6.49. The Kier molecular flexibility index (Phi) is 4.37. The lowest BCUT2D eigenvalue weighted by Gasteiger charge is -2.34. The lowest BCUT2D eigenvalue weighted by Crippen LogP contribution is -2.51. The zero-order valence-corrected chi connectivity index (χ0v) is 10.8. The van der Waals surface area contributed by atoms with Crippen LogP contribution in [0.25, 0.3) is 0 Å². The first-order valence-electron chi connectivity index (χ1n) is 6.08. The fraction of sp³-hybridized carbons (Fsp3) is 0.909. The van der Waals surface area contributed by atoms with Gasteiger partial charge in [-0.2, -0.15) is 0 Å². The maximum atomic E-state index is 5.56. The van der Waals surface area contributed by atoms with Gasteiger partial charge in [-0.05, 0) is 32.1 Å². The van der Waals surface area contributed by atoms with Crippen molar-refractivity contribution in [2.24, 2.45) is 0 Å². The number of nitrogens with one attached hydrogen (secondary N) is 1. The molecule has 5 heteroatoms. The Bertz CT molecular complexity index is 235. The van der Waals surface area contributed by atoms with Crippen molar-refractivity contribution in [2.75, 3.05) is 46.4 Å². The van der Waals surface area contributed by atoms with E-state index in [0.29, 0.717) is 6.10 Å². The summed E-state index contributed by atoms with van der Waals surface area (Å²) in [5.41, 5.74) is 0. The van der Waals surface area contributed by atoms with Gasteiger partial charge in [0.1, 0.15) is 0 Å². The molecule has 0 aliphatic carbocycles. The summed E-state index contributed by atoms with van der Waals surface area (Å²) in [7, 11) is 2.15. The molecule has 1 unspecified atom stereocenters. The van der Waals surface area contributed by atoms with Crippen LogP contribution in [0.4, 0.5) is 0 Å². The summed E-state index contributed by atoms with van der Waals surface area (Å²) in [5, 5.41) is 4.22. The van der Waals surface area contributed by atoms with Crippen molar-refractivity contribution >= 4 is 17.3 Å². The van der Waals surface area contributed by atoms with Gasteiger partial charge in [-0.25, -0.2) is 0 Å². The zero-order valence-electron chi connectivity index (χ0n) is 9.95. The summed E-state index contributed by atoms with van der Waals surface area (Å²) in [6.45, 7) is 6.05. The predicted octanol–water partition coefficient (Wildman–Crippen LogP) is 0.287. The van der Waals surface area contributed by atoms with Gasteiger partial charge in [0.05, 0.1) is 6.10 Å². The molecule has 2 aliphatic rings. The standard InChI is InChI=1S/C11H21N3OS/c1-13-4-6-14(7-5-13)11(16)12-9-10-3-2-8-15-10/h10H,2-9H2,1H3,(H,12,16). The number of rotatable bonds is 2. The minimum Gasteiger partial charge on any atom is -0.376 e. The molecule has 2 rings (SSSR count). The molecule has 0 aromatic heterocycles. The van der Waals surface area contributed by atoms with Crippen molar-refractivity contribution in [3.8, 4) is 0 Å². The van der Waals surface area contributed by atoms with Crippen molar-refractivity contribution < 1.29 is 4.74 Å². The smallest absolute Gasteiger partial charge is 0.169 e. The molecule has 0 aromatic carbocycles. The highest BCUT2D eigenvalue weighted by Crippen LogP contribution is 2.10. The van der Waals surface area contributed by atoms with Crippen molar-refractivity contribution in [3.63, 3.8) is 0 Å². The predicted molar refractivity (Wildman–Crippen MR) is 68.6 cm³/mol. The number of hydrogen-bond acceptors (Lipinski definition) is 3. The van der Waals surface area contributed by atoms with E-state index < -0.39 is 0 Å². The van der Waals surface area contributed by atoms with Gasteiger partial charge in [-0.3, -0.25) is 0 Å². The molecule has 2 fully saturated rings. The van der Waals surface area contributed by atoms with Crippen molar-refractivity contribution in [1.82, 2.24) is 15.1 Å². The number of thiocarbonyl (C=S) groups is 1. The molecule has 4 nitrogen and oxygen atoms in total. The Morgan fingerprint density at radius 2 is 2.12 bits per heavy atom. The average molecular weight is 243 g/mol.